The van der Waals surface area contributed by atoms with Crippen LogP contribution in [0.15, 0.2) is 59.8 Å². The van der Waals surface area contributed by atoms with Crippen molar-refractivity contribution in [1.82, 2.24) is 10.6 Å². The van der Waals surface area contributed by atoms with Crippen LogP contribution in [-0.2, 0) is 16.1 Å². The van der Waals surface area contributed by atoms with E-state index in [0.29, 0.717) is 29.0 Å². The van der Waals surface area contributed by atoms with Gasteiger partial charge in [-0.3, -0.25) is 0 Å². The van der Waals surface area contributed by atoms with Crippen LogP contribution in [0.3, 0.4) is 0 Å². The zero-order valence-corrected chi connectivity index (χ0v) is 17.9. The van der Waals surface area contributed by atoms with E-state index in [-0.39, 0.29) is 24.6 Å². The minimum Gasteiger partial charge on any atom is -0.489 e. The highest BCUT2D eigenvalue weighted by molar-refractivity contribution is 5.95. The molecular formula is C24H27FN2O4. The summed E-state index contributed by atoms with van der Waals surface area (Å²) in [6.07, 6.45) is 1.03. The second-order valence-electron chi connectivity index (χ2n) is 7.62. The van der Waals surface area contributed by atoms with Crippen LogP contribution in [0, 0.1) is 5.82 Å². The lowest BCUT2D eigenvalue weighted by Gasteiger charge is -2.30. The number of hydrogen-bond donors (Lipinski definition) is 2. The van der Waals surface area contributed by atoms with Crippen LogP contribution in [0.5, 0.6) is 5.75 Å². The highest BCUT2D eigenvalue weighted by Crippen LogP contribution is 2.31. The summed E-state index contributed by atoms with van der Waals surface area (Å²) in [7, 11) is 0. The van der Waals surface area contributed by atoms with E-state index >= 15 is 0 Å². The molecule has 1 atom stereocenters. The smallest absolute Gasteiger partial charge is 0.338 e. The second-order valence-corrected chi connectivity index (χ2v) is 7.62. The maximum atomic E-state index is 13.1. The molecule has 2 N–H and O–H groups in total. The molecule has 0 saturated heterocycles. The van der Waals surface area contributed by atoms with Gasteiger partial charge in [-0.1, -0.05) is 37.6 Å². The van der Waals surface area contributed by atoms with Crippen molar-refractivity contribution in [3.05, 3.63) is 76.7 Å². The molecule has 164 valence electrons. The number of esters is 1. The Morgan fingerprint density at radius 1 is 1.16 bits per heavy atom. The molecule has 6 nitrogen and oxygen atoms in total. The Kier molecular flexibility index (Phi) is 7.28. The fraction of sp³-hybridized carbons (Fsp3) is 0.333. The standard InChI is InChI=1S/C24H27FN2O4/c1-4-6-20-21(23(28)31-15(2)3)22(27-24(29)26-20)17-7-5-8-19(13-17)30-14-16-9-11-18(25)12-10-16/h5,7-13,15,22H,4,6,14H2,1-3H3,(H2,26,27,29). The number of carbonyl (C=O) groups excluding carboxylic acids is 2. The predicted octanol–water partition coefficient (Wildman–Crippen LogP) is 4.76. The second kappa shape index (κ2) is 10.1. The van der Waals surface area contributed by atoms with E-state index in [1.165, 1.54) is 12.1 Å². The van der Waals surface area contributed by atoms with Gasteiger partial charge in [-0.15, -0.1) is 0 Å². The van der Waals surface area contributed by atoms with Gasteiger partial charge in [0.25, 0.3) is 0 Å². The third-order valence-corrected chi connectivity index (χ3v) is 4.73. The average Bonchev–Trinajstić information content (AvgIpc) is 2.73. The first-order valence-corrected chi connectivity index (χ1v) is 10.4. The number of benzene rings is 2. The van der Waals surface area contributed by atoms with Crippen molar-refractivity contribution in [2.75, 3.05) is 0 Å². The number of amides is 2. The number of allylic oxidation sites excluding steroid dienone is 1. The van der Waals surface area contributed by atoms with Crippen molar-refractivity contribution in [3.8, 4) is 5.75 Å². The van der Waals surface area contributed by atoms with Crippen molar-refractivity contribution in [3.63, 3.8) is 0 Å². The van der Waals surface area contributed by atoms with Crippen molar-refractivity contribution in [1.29, 1.82) is 0 Å². The number of nitrogens with one attached hydrogen (secondary N) is 2. The average molecular weight is 426 g/mol. The van der Waals surface area contributed by atoms with E-state index in [0.717, 1.165) is 12.0 Å². The largest absolute Gasteiger partial charge is 0.489 e. The van der Waals surface area contributed by atoms with Gasteiger partial charge in [0.05, 0.1) is 17.7 Å². The Labute approximate surface area is 181 Å². The molecule has 1 aliphatic heterocycles. The van der Waals surface area contributed by atoms with Crippen molar-refractivity contribution < 1.29 is 23.5 Å². The van der Waals surface area contributed by atoms with E-state index in [1.807, 2.05) is 13.0 Å². The van der Waals surface area contributed by atoms with Gasteiger partial charge in [0, 0.05) is 5.70 Å². The summed E-state index contributed by atoms with van der Waals surface area (Å²) in [5, 5.41) is 5.58. The number of rotatable bonds is 8. The molecule has 0 fully saturated rings. The molecule has 31 heavy (non-hydrogen) atoms. The minimum atomic E-state index is -0.657. The molecule has 0 radical (unpaired) electrons. The summed E-state index contributed by atoms with van der Waals surface area (Å²) in [5.74, 6) is -0.195. The molecule has 1 aliphatic rings. The Bertz CT molecular complexity index is 970. The molecule has 2 amide bonds. The van der Waals surface area contributed by atoms with Gasteiger partial charge < -0.3 is 20.1 Å². The van der Waals surface area contributed by atoms with E-state index in [4.69, 9.17) is 9.47 Å². The molecule has 2 aromatic carbocycles. The van der Waals surface area contributed by atoms with Crippen LogP contribution in [0.4, 0.5) is 9.18 Å². The Hall–Kier alpha value is -3.35. The molecule has 0 bridgehead atoms. The van der Waals surface area contributed by atoms with Crippen LogP contribution >= 0.6 is 0 Å². The first-order valence-electron chi connectivity index (χ1n) is 10.4. The van der Waals surface area contributed by atoms with Crippen LogP contribution in [0.1, 0.15) is 50.8 Å². The number of urea groups is 1. The van der Waals surface area contributed by atoms with E-state index in [9.17, 15) is 14.0 Å². The molecule has 1 unspecified atom stereocenters. The van der Waals surface area contributed by atoms with E-state index < -0.39 is 12.0 Å². The van der Waals surface area contributed by atoms with E-state index in [2.05, 4.69) is 10.6 Å². The van der Waals surface area contributed by atoms with Gasteiger partial charge in [-0.05, 0) is 55.7 Å². The molecule has 0 saturated carbocycles. The lowest BCUT2D eigenvalue weighted by molar-refractivity contribution is -0.143. The van der Waals surface area contributed by atoms with Crippen LogP contribution in [0.25, 0.3) is 0 Å². The molecular weight excluding hydrogens is 399 g/mol. The first-order chi connectivity index (χ1) is 14.9. The molecule has 0 aliphatic carbocycles. The molecule has 2 aromatic rings. The Morgan fingerprint density at radius 2 is 1.90 bits per heavy atom. The fourth-order valence-electron chi connectivity index (χ4n) is 3.36. The lowest BCUT2D eigenvalue weighted by atomic mass is 9.93. The lowest BCUT2D eigenvalue weighted by Crippen LogP contribution is -2.46. The van der Waals surface area contributed by atoms with Crippen LogP contribution < -0.4 is 15.4 Å². The van der Waals surface area contributed by atoms with Crippen molar-refractivity contribution >= 4 is 12.0 Å². The number of ether oxygens (including phenoxy) is 2. The van der Waals surface area contributed by atoms with Gasteiger partial charge >= 0.3 is 12.0 Å². The SMILES string of the molecule is CCCC1=C(C(=O)OC(C)C)C(c2cccc(OCc3ccc(F)cc3)c2)NC(=O)N1. The topological polar surface area (TPSA) is 76.7 Å². The zero-order valence-electron chi connectivity index (χ0n) is 17.9. The minimum absolute atomic E-state index is 0.265. The number of hydrogen-bond acceptors (Lipinski definition) is 4. The van der Waals surface area contributed by atoms with Gasteiger partial charge in [-0.25, -0.2) is 14.0 Å². The predicted molar refractivity (Wildman–Crippen MR) is 115 cm³/mol. The zero-order chi connectivity index (χ0) is 22.4. The Balaban J connectivity index is 1.88. The maximum absolute atomic E-state index is 13.1. The number of carbonyl (C=O) groups is 2. The van der Waals surface area contributed by atoms with Gasteiger partial charge in [0.2, 0.25) is 0 Å². The quantitative estimate of drug-likeness (QED) is 0.597. The van der Waals surface area contributed by atoms with Crippen molar-refractivity contribution in [2.24, 2.45) is 0 Å². The normalized spacial score (nSPS) is 16.0. The molecule has 0 aromatic heterocycles. The number of halogens is 1. The third kappa shape index (κ3) is 5.84. The molecule has 0 spiro atoms. The summed E-state index contributed by atoms with van der Waals surface area (Å²) >= 11 is 0. The monoisotopic (exact) mass is 426 g/mol. The van der Waals surface area contributed by atoms with Crippen LogP contribution in [-0.4, -0.2) is 18.1 Å². The van der Waals surface area contributed by atoms with Gasteiger partial charge in [-0.2, -0.15) is 0 Å². The Morgan fingerprint density at radius 3 is 2.58 bits per heavy atom. The maximum Gasteiger partial charge on any atom is 0.338 e. The highest BCUT2D eigenvalue weighted by Gasteiger charge is 2.33. The van der Waals surface area contributed by atoms with E-state index in [1.54, 1.807) is 44.2 Å². The highest BCUT2D eigenvalue weighted by atomic mass is 19.1. The van der Waals surface area contributed by atoms with Crippen molar-refractivity contribution in [2.45, 2.75) is 52.4 Å². The summed E-state index contributed by atoms with van der Waals surface area (Å²) in [6, 6.07) is 12.3. The molecule has 1 heterocycles. The third-order valence-electron chi connectivity index (χ3n) is 4.73. The molecule has 7 heteroatoms. The summed E-state index contributed by atoms with van der Waals surface area (Å²) in [6.45, 7) is 5.81. The summed E-state index contributed by atoms with van der Waals surface area (Å²) in [5.41, 5.74) is 2.49. The first kappa shape index (κ1) is 22.3. The summed E-state index contributed by atoms with van der Waals surface area (Å²) in [4.78, 5) is 25.1. The summed E-state index contributed by atoms with van der Waals surface area (Å²) < 4.78 is 24.4. The fourth-order valence-corrected chi connectivity index (χ4v) is 3.36. The van der Waals surface area contributed by atoms with Gasteiger partial charge in [0.15, 0.2) is 0 Å². The van der Waals surface area contributed by atoms with Crippen LogP contribution in [0.2, 0.25) is 0 Å². The molecule has 3 rings (SSSR count). The van der Waals surface area contributed by atoms with Gasteiger partial charge in [0.1, 0.15) is 18.2 Å².